The number of benzene rings is 1. The molecule has 1 rings (SSSR count). The van der Waals surface area contributed by atoms with Crippen LogP contribution in [-0.4, -0.2) is 38.5 Å². The smallest absolute Gasteiger partial charge is 0.251 e. The molecule has 0 aliphatic carbocycles. The van der Waals surface area contributed by atoms with Crippen LogP contribution in [0.4, 0.5) is 0 Å². The van der Waals surface area contributed by atoms with Crippen LogP contribution in [0.1, 0.15) is 31.1 Å². The Morgan fingerprint density at radius 2 is 1.85 bits per heavy atom. The molecule has 0 spiro atoms. The Hall–Kier alpha value is -1.56. The maximum Gasteiger partial charge on any atom is 0.251 e. The maximum atomic E-state index is 12.0. The van der Waals surface area contributed by atoms with Crippen LogP contribution in [0, 0.1) is 0 Å². The molecule has 1 amide bonds. The number of amides is 1. The van der Waals surface area contributed by atoms with Gasteiger partial charge in [-0.25, -0.2) is 8.42 Å². The van der Waals surface area contributed by atoms with Crippen LogP contribution < -0.4 is 10.1 Å². The van der Waals surface area contributed by atoms with E-state index in [4.69, 9.17) is 4.74 Å². The van der Waals surface area contributed by atoms with Crippen LogP contribution in [0.15, 0.2) is 24.3 Å². The highest BCUT2D eigenvalue weighted by atomic mass is 32.2. The Labute approximate surface area is 120 Å². The number of hydrogen-bond donors (Lipinski definition) is 1. The van der Waals surface area contributed by atoms with Crippen LogP contribution in [0.3, 0.4) is 0 Å². The van der Waals surface area contributed by atoms with Crippen molar-refractivity contribution in [3.8, 4) is 5.75 Å². The molecule has 1 unspecified atom stereocenters. The summed E-state index contributed by atoms with van der Waals surface area (Å²) in [6.45, 7) is 5.73. The number of rotatable bonds is 7. The Morgan fingerprint density at radius 3 is 2.35 bits per heavy atom. The minimum atomic E-state index is -3.10. The highest BCUT2D eigenvalue weighted by Crippen LogP contribution is 2.12. The van der Waals surface area contributed by atoms with Gasteiger partial charge in [0.25, 0.3) is 5.91 Å². The first-order chi connectivity index (χ1) is 9.38. The number of nitrogens with one attached hydrogen (secondary N) is 1. The maximum absolute atomic E-state index is 12.0. The fourth-order valence-corrected chi connectivity index (χ4v) is 2.80. The van der Waals surface area contributed by atoms with Crippen LogP contribution >= 0.6 is 0 Å². The van der Waals surface area contributed by atoms with E-state index in [1.165, 1.54) is 0 Å². The minimum absolute atomic E-state index is 0.0493. The summed E-state index contributed by atoms with van der Waals surface area (Å²) in [5, 5.41) is 2.68. The molecule has 1 N–H and O–H groups in total. The summed E-state index contributed by atoms with van der Waals surface area (Å²) in [4.78, 5) is 12.0. The second-order valence-electron chi connectivity index (χ2n) is 4.53. The molecule has 0 saturated heterocycles. The van der Waals surface area contributed by atoms with E-state index in [1.807, 2.05) is 6.92 Å². The van der Waals surface area contributed by atoms with Crippen molar-refractivity contribution in [2.24, 2.45) is 0 Å². The van der Waals surface area contributed by atoms with E-state index in [0.29, 0.717) is 17.9 Å². The summed E-state index contributed by atoms with van der Waals surface area (Å²) in [7, 11) is -3.10. The summed E-state index contributed by atoms with van der Waals surface area (Å²) in [6, 6.07) is 6.32. The summed E-state index contributed by atoms with van der Waals surface area (Å²) >= 11 is 0. The van der Waals surface area contributed by atoms with Gasteiger partial charge >= 0.3 is 0 Å². The normalized spacial score (nSPS) is 12.8. The van der Waals surface area contributed by atoms with E-state index >= 15 is 0 Å². The second kappa shape index (κ2) is 7.28. The molecule has 20 heavy (non-hydrogen) atoms. The molecule has 0 radical (unpaired) electrons. The number of ether oxygens (including phenoxy) is 1. The van der Waals surface area contributed by atoms with Crippen molar-refractivity contribution in [2.75, 3.05) is 18.1 Å². The number of sulfone groups is 1. The molecule has 0 fully saturated rings. The van der Waals surface area contributed by atoms with Gasteiger partial charge in [-0.1, -0.05) is 6.92 Å². The summed E-state index contributed by atoms with van der Waals surface area (Å²) < 4.78 is 28.2. The first-order valence-electron chi connectivity index (χ1n) is 6.62. The first-order valence-corrected chi connectivity index (χ1v) is 8.44. The molecule has 6 heteroatoms. The van der Waals surface area contributed by atoms with Crippen LogP contribution in [0.25, 0.3) is 0 Å². The molecule has 112 valence electrons. The van der Waals surface area contributed by atoms with E-state index in [0.717, 1.165) is 0 Å². The molecule has 0 saturated carbocycles. The van der Waals surface area contributed by atoms with Gasteiger partial charge in [0.15, 0.2) is 9.84 Å². The number of carbonyl (C=O) groups excluding carboxylic acids is 1. The van der Waals surface area contributed by atoms with Crippen molar-refractivity contribution in [1.82, 2.24) is 5.32 Å². The topological polar surface area (TPSA) is 72.5 Å². The van der Waals surface area contributed by atoms with E-state index in [-0.39, 0.29) is 17.4 Å². The zero-order valence-corrected chi connectivity index (χ0v) is 12.9. The summed E-state index contributed by atoms with van der Waals surface area (Å²) in [6.07, 6.45) is 0. The van der Waals surface area contributed by atoms with Crippen LogP contribution in [0.5, 0.6) is 5.75 Å². The van der Waals surface area contributed by atoms with Crippen LogP contribution in [0.2, 0.25) is 0 Å². The molecular formula is C14H21NO4S. The van der Waals surface area contributed by atoms with E-state index in [1.54, 1.807) is 38.1 Å². The zero-order chi connectivity index (χ0) is 15.2. The zero-order valence-electron chi connectivity index (χ0n) is 12.0. The quantitative estimate of drug-likeness (QED) is 0.830. The van der Waals surface area contributed by atoms with Gasteiger partial charge in [0.2, 0.25) is 0 Å². The molecule has 0 aliphatic heterocycles. The SMILES string of the molecule is CCOc1ccc(C(=O)NC(C)CS(=O)(=O)CC)cc1. The first kappa shape index (κ1) is 16.5. The monoisotopic (exact) mass is 299 g/mol. The highest BCUT2D eigenvalue weighted by molar-refractivity contribution is 7.91. The average Bonchev–Trinajstić information content (AvgIpc) is 2.39. The van der Waals surface area contributed by atoms with E-state index in [2.05, 4.69) is 5.32 Å². The summed E-state index contributed by atoms with van der Waals surface area (Å²) in [5.74, 6) is 0.445. The Balaban J connectivity index is 2.62. The lowest BCUT2D eigenvalue weighted by Crippen LogP contribution is -2.37. The van der Waals surface area contributed by atoms with Gasteiger partial charge in [0.05, 0.1) is 12.4 Å². The minimum Gasteiger partial charge on any atom is -0.494 e. The van der Waals surface area contributed by atoms with Crippen LogP contribution in [-0.2, 0) is 9.84 Å². The fourth-order valence-electron chi connectivity index (χ4n) is 1.72. The van der Waals surface area contributed by atoms with Crippen molar-refractivity contribution >= 4 is 15.7 Å². The van der Waals surface area contributed by atoms with Crippen molar-refractivity contribution in [1.29, 1.82) is 0 Å². The van der Waals surface area contributed by atoms with Crippen molar-refractivity contribution in [3.63, 3.8) is 0 Å². The average molecular weight is 299 g/mol. The standard InChI is InChI=1S/C14H21NO4S/c1-4-19-13-8-6-12(7-9-13)14(16)15-11(3)10-20(17,18)5-2/h6-9,11H,4-5,10H2,1-3H3,(H,15,16). The van der Waals surface area contributed by atoms with E-state index in [9.17, 15) is 13.2 Å². The molecule has 1 atom stereocenters. The highest BCUT2D eigenvalue weighted by Gasteiger charge is 2.16. The number of hydrogen-bond acceptors (Lipinski definition) is 4. The molecule has 0 heterocycles. The third-order valence-electron chi connectivity index (χ3n) is 2.75. The predicted octanol–water partition coefficient (Wildman–Crippen LogP) is 1.64. The van der Waals surface area contributed by atoms with Gasteiger partial charge in [-0.15, -0.1) is 0 Å². The molecule has 0 aliphatic rings. The molecule has 0 aromatic heterocycles. The molecular weight excluding hydrogens is 278 g/mol. The number of carbonyl (C=O) groups is 1. The van der Waals surface area contributed by atoms with Crippen molar-refractivity contribution in [3.05, 3.63) is 29.8 Å². The lowest BCUT2D eigenvalue weighted by atomic mass is 10.2. The fraction of sp³-hybridized carbons (Fsp3) is 0.500. The van der Waals surface area contributed by atoms with Gasteiger partial charge in [0, 0.05) is 17.4 Å². The summed E-state index contributed by atoms with van der Waals surface area (Å²) in [5.41, 5.74) is 0.481. The van der Waals surface area contributed by atoms with Gasteiger partial charge in [-0.3, -0.25) is 4.79 Å². The lowest BCUT2D eigenvalue weighted by molar-refractivity contribution is 0.0943. The Morgan fingerprint density at radius 1 is 1.25 bits per heavy atom. The van der Waals surface area contributed by atoms with Gasteiger partial charge in [-0.05, 0) is 38.1 Å². The third kappa shape index (κ3) is 5.21. The predicted molar refractivity (Wildman–Crippen MR) is 78.9 cm³/mol. The third-order valence-corrected chi connectivity index (χ3v) is 4.64. The second-order valence-corrected chi connectivity index (χ2v) is 6.93. The largest absolute Gasteiger partial charge is 0.494 e. The van der Waals surface area contributed by atoms with Crippen molar-refractivity contribution < 1.29 is 17.9 Å². The molecule has 1 aromatic carbocycles. The Bertz CT molecular complexity index is 537. The molecule has 1 aromatic rings. The molecule has 5 nitrogen and oxygen atoms in total. The molecule has 0 bridgehead atoms. The Kier molecular flexibility index (Phi) is 6.01. The van der Waals surface area contributed by atoms with Gasteiger partial charge in [0.1, 0.15) is 5.75 Å². The van der Waals surface area contributed by atoms with Gasteiger partial charge < -0.3 is 10.1 Å². The van der Waals surface area contributed by atoms with Crippen molar-refractivity contribution in [2.45, 2.75) is 26.8 Å². The lowest BCUT2D eigenvalue weighted by Gasteiger charge is -2.13. The van der Waals surface area contributed by atoms with Gasteiger partial charge in [-0.2, -0.15) is 0 Å². The van der Waals surface area contributed by atoms with E-state index < -0.39 is 15.9 Å².